The second-order valence-electron chi connectivity index (χ2n) is 8.63. The molecule has 1 aromatic carbocycles. The van der Waals surface area contributed by atoms with Gasteiger partial charge >= 0.3 is 6.09 Å². The van der Waals surface area contributed by atoms with E-state index in [1.54, 1.807) is 39.0 Å². The van der Waals surface area contributed by atoms with E-state index in [1.165, 1.54) is 7.11 Å². The number of methoxy groups -OCH3 is 1. The Morgan fingerprint density at radius 1 is 1.32 bits per heavy atom. The summed E-state index contributed by atoms with van der Waals surface area (Å²) in [6.07, 6.45) is -2.26. The normalized spacial score (nSPS) is 21.4. The van der Waals surface area contributed by atoms with Gasteiger partial charge in [-0.25, -0.2) is 9.18 Å². The number of carbonyl (C=O) groups excluding carboxylic acids is 1. The summed E-state index contributed by atoms with van der Waals surface area (Å²) in [5.74, 6) is -0.250. The van der Waals surface area contributed by atoms with E-state index in [2.05, 4.69) is 10.3 Å². The minimum Gasteiger partial charge on any atom is -0.497 e. The quantitative estimate of drug-likeness (QED) is 0.661. The fourth-order valence-corrected chi connectivity index (χ4v) is 3.60. The molecule has 0 saturated carbocycles. The predicted molar refractivity (Wildman–Crippen MR) is 111 cm³/mol. The predicted octanol–water partition coefficient (Wildman–Crippen LogP) is 2.85. The largest absolute Gasteiger partial charge is 0.497 e. The summed E-state index contributed by atoms with van der Waals surface area (Å²) in [5, 5.41) is 24.6. The summed E-state index contributed by atoms with van der Waals surface area (Å²) in [6.45, 7) is 5.46. The molecule has 1 aromatic heterocycles. The number of carbonyl (C=O) groups is 1. The molecular formula is C22H29FN2O6. The van der Waals surface area contributed by atoms with Crippen LogP contribution in [0.25, 0.3) is 10.9 Å². The number of ether oxygens (including phenoxy) is 3. The van der Waals surface area contributed by atoms with Gasteiger partial charge in [0.1, 0.15) is 29.4 Å². The zero-order chi connectivity index (χ0) is 22.8. The molecule has 31 heavy (non-hydrogen) atoms. The van der Waals surface area contributed by atoms with Crippen molar-refractivity contribution < 1.29 is 33.6 Å². The molecule has 1 aliphatic rings. The first kappa shape index (κ1) is 23.2. The molecule has 1 aliphatic heterocycles. The van der Waals surface area contributed by atoms with Crippen LogP contribution in [-0.4, -0.2) is 58.9 Å². The van der Waals surface area contributed by atoms with Gasteiger partial charge in [-0.1, -0.05) is 0 Å². The Balaban J connectivity index is 1.68. The lowest BCUT2D eigenvalue weighted by molar-refractivity contribution is -0.114. The number of rotatable bonds is 5. The molecular weight excluding hydrogens is 407 g/mol. The van der Waals surface area contributed by atoms with E-state index in [0.717, 1.165) is 6.20 Å². The van der Waals surface area contributed by atoms with Gasteiger partial charge < -0.3 is 29.7 Å². The number of amides is 1. The van der Waals surface area contributed by atoms with E-state index in [1.807, 2.05) is 0 Å². The zero-order valence-electron chi connectivity index (χ0n) is 18.1. The molecule has 0 aliphatic carbocycles. The maximum atomic E-state index is 14.6. The first-order valence-electron chi connectivity index (χ1n) is 10.2. The first-order valence-corrected chi connectivity index (χ1v) is 10.2. The van der Waals surface area contributed by atoms with E-state index in [0.29, 0.717) is 29.5 Å². The molecule has 170 valence electrons. The standard InChI is InChI=1S/C22H29FN2O6/c1-22(2,3)31-21(28)25-12-5-8-17(30-11-12)19(26)20(27)18-14-9-13(29-4)6-7-16(14)24-10-15(18)23/h6-7,9-10,12,17,19-20,26-27H,5,8,11H2,1-4H3,(H,25,28)/t12-,17+,19?,20?/m1/s1. The molecule has 9 heteroatoms. The summed E-state index contributed by atoms with van der Waals surface area (Å²) in [6, 6.07) is 4.62. The molecule has 1 amide bonds. The van der Waals surface area contributed by atoms with Gasteiger partial charge in [0.15, 0.2) is 0 Å². The van der Waals surface area contributed by atoms with Gasteiger partial charge in [0.05, 0.1) is 37.6 Å². The van der Waals surface area contributed by atoms with Crippen LogP contribution in [0.15, 0.2) is 24.4 Å². The van der Waals surface area contributed by atoms with Crippen LogP contribution >= 0.6 is 0 Å². The third-order valence-electron chi connectivity index (χ3n) is 5.10. The Hall–Kier alpha value is -2.49. The summed E-state index contributed by atoms with van der Waals surface area (Å²) >= 11 is 0. The Morgan fingerprint density at radius 2 is 2.06 bits per heavy atom. The molecule has 2 aromatic rings. The molecule has 0 radical (unpaired) electrons. The number of benzene rings is 1. The van der Waals surface area contributed by atoms with Crippen molar-refractivity contribution in [2.75, 3.05) is 13.7 Å². The van der Waals surface area contributed by atoms with Gasteiger partial charge in [0.25, 0.3) is 0 Å². The lowest BCUT2D eigenvalue weighted by atomic mass is 9.92. The zero-order valence-corrected chi connectivity index (χ0v) is 18.1. The smallest absolute Gasteiger partial charge is 0.407 e. The van der Waals surface area contributed by atoms with Crippen molar-refractivity contribution in [2.24, 2.45) is 0 Å². The number of nitrogens with zero attached hydrogens (tertiary/aromatic N) is 1. The van der Waals surface area contributed by atoms with Crippen LogP contribution in [0.2, 0.25) is 0 Å². The SMILES string of the molecule is COc1ccc2ncc(F)c(C(O)C(O)[C@@H]3CC[C@@H](NC(=O)OC(C)(C)C)CO3)c2c1. The lowest BCUT2D eigenvalue weighted by Gasteiger charge is -2.34. The van der Waals surface area contributed by atoms with Gasteiger partial charge in [-0.3, -0.25) is 4.98 Å². The molecule has 3 N–H and O–H groups in total. The maximum absolute atomic E-state index is 14.6. The number of nitrogens with one attached hydrogen (secondary N) is 1. The van der Waals surface area contributed by atoms with Crippen molar-refractivity contribution in [3.05, 3.63) is 35.8 Å². The highest BCUT2D eigenvalue weighted by Crippen LogP contribution is 2.33. The van der Waals surface area contributed by atoms with Crippen molar-refractivity contribution in [1.29, 1.82) is 0 Å². The highest BCUT2D eigenvalue weighted by Gasteiger charge is 2.35. The Kier molecular flexibility index (Phi) is 6.98. The first-order chi connectivity index (χ1) is 14.6. The second-order valence-corrected chi connectivity index (χ2v) is 8.63. The van der Waals surface area contributed by atoms with Gasteiger partial charge in [-0.05, 0) is 51.8 Å². The summed E-state index contributed by atoms with van der Waals surface area (Å²) in [4.78, 5) is 15.9. The third kappa shape index (κ3) is 5.61. The van der Waals surface area contributed by atoms with Crippen LogP contribution < -0.4 is 10.1 Å². The Bertz CT molecular complexity index is 924. The average Bonchev–Trinajstić information content (AvgIpc) is 2.71. The van der Waals surface area contributed by atoms with Crippen molar-refractivity contribution in [2.45, 2.75) is 63.6 Å². The highest BCUT2D eigenvalue weighted by molar-refractivity contribution is 5.84. The van der Waals surface area contributed by atoms with E-state index >= 15 is 0 Å². The Labute approximate surface area is 180 Å². The summed E-state index contributed by atoms with van der Waals surface area (Å²) < 4.78 is 30.7. The topological polar surface area (TPSA) is 110 Å². The molecule has 4 atom stereocenters. The van der Waals surface area contributed by atoms with Crippen LogP contribution in [-0.2, 0) is 9.47 Å². The summed E-state index contributed by atoms with van der Waals surface area (Å²) in [7, 11) is 1.48. The van der Waals surface area contributed by atoms with Crippen molar-refractivity contribution in [3.8, 4) is 5.75 Å². The van der Waals surface area contributed by atoms with Crippen molar-refractivity contribution in [1.82, 2.24) is 10.3 Å². The number of halogens is 1. The van der Waals surface area contributed by atoms with E-state index in [-0.39, 0.29) is 18.2 Å². The van der Waals surface area contributed by atoms with Gasteiger partial charge in [0, 0.05) is 10.9 Å². The molecule has 8 nitrogen and oxygen atoms in total. The number of pyridine rings is 1. The molecule has 2 heterocycles. The molecule has 0 spiro atoms. The average molecular weight is 436 g/mol. The number of aliphatic hydroxyl groups excluding tert-OH is 2. The molecule has 1 fully saturated rings. The third-order valence-corrected chi connectivity index (χ3v) is 5.10. The molecule has 2 unspecified atom stereocenters. The van der Waals surface area contributed by atoms with Crippen LogP contribution in [0.4, 0.5) is 9.18 Å². The monoisotopic (exact) mass is 436 g/mol. The van der Waals surface area contributed by atoms with Gasteiger partial charge in [-0.2, -0.15) is 0 Å². The van der Waals surface area contributed by atoms with Crippen LogP contribution in [0, 0.1) is 5.82 Å². The van der Waals surface area contributed by atoms with Gasteiger partial charge in [0.2, 0.25) is 0 Å². The van der Waals surface area contributed by atoms with Crippen LogP contribution in [0.3, 0.4) is 0 Å². The second kappa shape index (κ2) is 9.33. The number of fused-ring (bicyclic) bond motifs is 1. The fourth-order valence-electron chi connectivity index (χ4n) is 3.60. The minimum atomic E-state index is -1.53. The molecule has 3 rings (SSSR count). The minimum absolute atomic E-state index is 0.0611. The van der Waals surface area contributed by atoms with Crippen LogP contribution in [0.5, 0.6) is 5.75 Å². The highest BCUT2D eigenvalue weighted by atomic mass is 19.1. The van der Waals surface area contributed by atoms with Crippen molar-refractivity contribution in [3.63, 3.8) is 0 Å². The van der Waals surface area contributed by atoms with E-state index in [9.17, 15) is 19.4 Å². The maximum Gasteiger partial charge on any atom is 0.407 e. The molecule has 0 bridgehead atoms. The van der Waals surface area contributed by atoms with E-state index < -0.39 is 35.8 Å². The number of hydrogen-bond donors (Lipinski definition) is 3. The number of aromatic nitrogens is 1. The fraction of sp³-hybridized carbons (Fsp3) is 0.545. The number of hydrogen-bond acceptors (Lipinski definition) is 7. The van der Waals surface area contributed by atoms with E-state index in [4.69, 9.17) is 14.2 Å². The number of aliphatic hydroxyl groups is 2. The number of alkyl carbamates (subject to hydrolysis) is 1. The van der Waals surface area contributed by atoms with Crippen LogP contribution in [0.1, 0.15) is 45.3 Å². The van der Waals surface area contributed by atoms with Crippen molar-refractivity contribution >= 4 is 17.0 Å². The van der Waals surface area contributed by atoms with Gasteiger partial charge in [-0.15, -0.1) is 0 Å². The molecule has 1 saturated heterocycles. The Morgan fingerprint density at radius 3 is 2.68 bits per heavy atom. The summed E-state index contributed by atoms with van der Waals surface area (Å²) in [5.41, 5.74) is -0.202. The lowest BCUT2D eigenvalue weighted by Crippen LogP contribution is -2.48.